The summed E-state index contributed by atoms with van der Waals surface area (Å²) in [5.74, 6) is 0.0350. The van der Waals surface area contributed by atoms with Gasteiger partial charge in [-0.3, -0.25) is 4.79 Å². The molecule has 1 amide bonds. The third kappa shape index (κ3) is 2.97. The molecule has 3 heteroatoms. The van der Waals surface area contributed by atoms with Crippen LogP contribution in [0.1, 0.15) is 16.7 Å². The predicted molar refractivity (Wildman–Crippen MR) is 85.5 cm³/mol. The van der Waals surface area contributed by atoms with Gasteiger partial charge in [-0.1, -0.05) is 42.5 Å². The third-order valence-electron chi connectivity index (χ3n) is 3.84. The minimum Gasteiger partial charge on any atom is -0.398 e. The second kappa shape index (κ2) is 5.83. The molecular weight excluding hydrogens is 260 g/mol. The fourth-order valence-corrected chi connectivity index (χ4v) is 2.61. The molecule has 0 aliphatic carbocycles. The molecule has 2 N–H and O–H groups in total. The zero-order valence-electron chi connectivity index (χ0n) is 11.8. The van der Waals surface area contributed by atoms with E-state index < -0.39 is 0 Å². The third-order valence-corrected chi connectivity index (χ3v) is 3.84. The van der Waals surface area contributed by atoms with E-state index in [1.54, 1.807) is 12.2 Å². The number of rotatable bonds is 2. The lowest BCUT2D eigenvalue weighted by molar-refractivity contribution is -0.126. The average molecular weight is 278 g/mol. The Bertz CT molecular complexity index is 691. The number of benzene rings is 2. The summed E-state index contributed by atoms with van der Waals surface area (Å²) in [6.07, 6.45) is 4.32. The zero-order chi connectivity index (χ0) is 14.7. The van der Waals surface area contributed by atoms with Crippen molar-refractivity contribution in [2.45, 2.75) is 13.0 Å². The Balaban J connectivity index is 1.71. The summed E-state index contributed by atoms with van der Waals surface area (Å²) < 4.78 is 0. The van der Waals surface area contributed by atoms with Crippen LogP contribution in [0.15, 0.2) is 54.6 Å². The molecule has 2 aromatic carbocycles. The van der Waals surface area contributed by atoms with Gasteiger partial charge in [0.05, 0.1) is 0 Å². The number of nitrogen functional groups attached to an aromatic ring is 1. The van der Waals surface area contributed by atoms with Gasteiger partial charge in [0.1, 0.15) is 0 Å². The molecule has 21 heavy (non-hydrogen) atoms. The van der Waals surface area contributed by atoms with E-state index in [1.165, 1.54) is 11.1 Å². The van der Waals surface area contributed by atoms with Gasteiger partial charge < -0.3 is 10.6 Å². The fraction of sp³-hybridized carbons (Fsp3) is 0.167. The molecule has 0 saturated carbocycles. The highest BCUT2D eigenvalue weighted by molar-refractivity contribution is 5.92. The number of hydrogen-bond acceptors (Lipinski definition) is 2. The number of fused-ring (bicyclic) bond motifs is 1. The van der Waals surface area contributed by atoms with Crippen LogP contribution in [0.3, 0.4) is 0 Å². The summed E-state index contributed by atoms with van der Waals surface area (Å²) in [5.41, 5.74) is 10.0. The maximum atomic E-state index is 12.3. The van der Waals surface area contributed by atoms with Crippen LogP contribution in [0.5, 0.6) is 0 Å². The Kier molecular flexibility index (Phi) is 3.73. The van der Waals surface area contributed by atoms with Crippen LogP contribution in [0.25, 0.3) is 6.08 Å². The number of nitrogens with zero attached hydrogens (tertiary/aromatic N) is 1. The molecule has 0 spiro atoms. The quantitative estimate of drug-likeness (QED) is 0.678. The smallest absolute Gasteiger partial charge is 0.246 e. The predicted octanol–water partition coefficient (Wildman–Crippen LogP) is 2.87. The van der Waals surface area contributed by atoms with Gasteiger partial charge in [0, 0.05) is 24.9 Å². The molecule has 1 heterocycles. The van der Waals surface area contributed by atoms with E-state index in [9.17, 15) is 4.79 Å². The molecule has 3 rings (SSSR count). The molecule has 2 aromatic rings. The number of nitrogens with two attached hydrogens (primary N) is 1. The fourth-order valence-electron chi connectivity index (χ4n) is 2.61. The first kappa shape index (κ1) is 13.4. The Morgan fingerprint density at radius 1 is 1.05 bits per heavy atom. The second-order valence-electron chi connectivity index (χ2n) is 5.24. The van der Waals surface area contributed by atoms with Gasteiger partial charge >= 0.3 is 0 Å². The summed E-state index contributed by atoms with van der Waals surface area (Å²) in [5, 5.41) is 0. The van der Waals surface area contributed by atoms with E-state index >= 15 is 0 Å². The molecule has 0 saturated heterocycles. The highest BCUT2D eigenvalue weighted by Crippen LogP contribution is 2.19. The first-order chi connectivity index (χ1) is 10.2. The molecule has 0 unspecified atom stereocenters. The number of carbonyl (C=O) groups is 1. The van der Waals surface area contributed by atoms with Crippen molar-refractivity contribution in [2.24, 2.45) is 0 Å². The second-order valence-corrected chi connectivity index (χ2v) is 5.24. The minimum absolute atomic E-state index is 0.0350. The number of hydrogen-bond donors (Lipinski definition) is 1. The molecule has 1 aliphatic rings. The Morgan fingerprint density at radius 2 is 1.76 bits per heavy atom. The van der Waals surface area contributed by atoms with E-state index in [-0.39, 0.29) is 5.91 Å². The molecule has 0 radical (unpaired) electrons. The normalized spacial score (nSPS) is 14.2. The standard InChI is InChI=1S/C18H18N2O/c19-17-8-4-3-6-15(17)9-10-18(21)20-12-11-14-5-1-2-7-16(14)13-20/h1-10H,11-13,19H2/b10-9+. The van der Waals surface area contributed by atoms with Crippen LogP contribution in [0.2, 0.25) is 0 Å². The van der Waals surface area contributed by atoms with Gasteiger partial charge in [-0.2, -0.15) is 0 Å². The lowest BCUT2D eigenvalue weighted by Crippen LogP contribution is -2.34. The van der Waals surface area contributed by atoms with Gasteiger partial charge in [0.15, 0.2) is 0 Å². The molecule has 106 valence electrons. The van der Waals surface area contributed by atoms with Crippen LogP contribution in [0, 0.1) is 0 Å². The largest absolute Gasteiger partial charge is 0.398 e. The van der Waals surface area contributed by atoms with Crippen molar-refractivity contribution < 1.29 is 4.79 Å². The Hall–Kier alpha value is -2.55. The first-order valence-corrected chi connectivity index (χ1v) is 7.12. The van der Waals surface area contributed by atoms with Crippen LogP contribution < -0.4 is 5.73 Å². The van der Waals surface area contributed by atoms with Crippen molar-refractivity contribution >= 4 is 17.7 Å². The molecule has 0 aromatic heterocycles. The number of carbonyl (C=O) groups excluding carboxylic acids is 1. The number of para-hydroxylation sites is 1. The van der Waals surface area contributed by atoms with E-state index in [1.807, 2.05) is 41.3 Å². The number of anilines is 1. The van der Waals surface area contributed by atoms with Crippen molar-refractivity contribution in [3.63, 3.8) is 0 Å². The minimum atomic E-state index is 0.0350. The van der Waals surface area contributed by atoms with E-state index in [0.29, 0.717) is 12.2 Å². The summed E-state index contributed by atoms with van der Waals surface area (Å²) in [4.78, 5) is 14.2. The molecule has 0 atom stereocenters. The van der Waals surface area contributed by atoms with Crippen LogP contribution in [-0.4, -0.2) is 17.4 Å². The van der Waals surface area contributed by atoms with Crippen molar-refractivity contribution in [1.29, 1.82) is 0 Å². The van der Waals surface area contributed by atoms with E-state index in [0.717, 1.165) is 18.5 Å². The van der Waals surface area contributed by atoms with Crippen molar-refractivity contribution in [2.75, 3.05) is 12.3 Å². The van der Waals surface area contributed by atoms with E-state index in [4.69, 9.17) is 5.73 Å². The van der Waals surface area contributed by atoms with Gasteiger partial charge in [0.2, 0.25) is 5.91 Å². The SMILES string of the molecule is Nc1ccccc1/C=C/C(=O)N1CCc2ccccc2C1. The topological polar surface area (TPSA) is 46.3 Å². The average Bonchev–Trinajstić information content (AvgIpc) is 2.53. The lowest BCUT2D eigenvalue weighted by Gasteiger charge is -2.27. The van der Waals surface area contributed by atoms with Crippen molar-refractivity contribution in [3.05, 3.63) is 71.3 Å². The zero-order valence-corrected chi connectivity index (χ0v) is 11.8. The summed E-state index contributed by atoms with van der Waals surface area (Å²) in [7, 11) is 0. The number of amides is 1. The van der Waals surface area contributed by atoms with Crippen molar-refractivity contribution in [3.8, 4) is 0 Å². The molecular formula is C18H18N2O. The van der Waals surface area contributed by atoms with Crippen LogP contribution in [0.4, 0.5) is 5.69 Å². The highest BCUT2D eigenvalue weighted by atomic mass is 16.2. The van der Waals surface area contributed by atoms with Gasteiger partial charge in [-0.05, 0) is 35.3 Å². The van der Waals surface area contributed by atoms with E-state index in [2.05, 4.69) is 12.1 Å². The molecule has 0 fully saturated rings. The lowest BCUT2D eigenvalue weighted by atomic mass is 10.00. The first-order valence-electron chi connectivity index (χ1n) is 7.12. The van der Waals surface area contributed by atoms with Crippen molar-refractivity contribution in [1.82, 2.24) is 4.90 Å². The molecule has 3 nitrogen and oxygen atoms in total. The monoisotopic (exact) mass is 278 g/mol. The molecule has 1 aliphatic heterocycles. The van der Waals surface area contributed by atoms with Gasteiger partial charge in [-0.15, -0.1) is 0 Å². The summed E-state index contributed by atoms with van der Waals surface area (Å²) in [6.45, 7) is 1.45. The highest BCUT2D eigenvalue weighted by Gasteiger charge is 2.18. The maximum absolute atomic E-state index is 12.3. The Labute approximate surface area is 124 Å². The van der Waals surface area contributed by atoms with Gasteiger partial charge in [-0.25, -0.2) is 0 Å². The summed E-state index contributed by atoms with van der Waals surface area (Å²) in [6, 6.07) is 15.8. The maximum Gasteiger partial charge on any atom is 0.246 e. The van der Waals surface area contributed by atoms with Crippen LogP contribution in [-0.2, 0) is 17.8 Å². The molecule has 0 bridgehead atoms. The van der Waals surface area contributed by atoms with Crippen LogP contribution >= 0.6 is 0 Å². The Morgan fingerprint density at radius 3 is 2.57 bits per heavy atom. The van der Waals surface area contributed by atoms with Gasteiger partial charge in [0.25, 0.3) is 0 Å². The summed E-state index contributed by atoms with van der Waals surface area (Å²) >= 11 is 0.